The van der Waals surface area contributed by atoms with Crippen LogP contribution in [0.15, 0.2) is 16.7 Å². The molecule has 0 spiro atoms. The molecular weight excluding hydrogens is 278 g/mol. The largest absolute Gasteiger partial charge is 0.340 e. The molecular formula is C13H14ClN5O. The van der Waals surface area contributed by atoms with Crippen LogP contribution in [0, 0.1) is 13.8 Å². The number of pyridine rings is 1. The number of rotatable bonds is 4. The van der Waals surface area contributed by atoms with E-state index in [1.165, 1.54) is 0 Å². The fraction of sp³-hybridized carbons (Fsp3) is 0.385. The normalized spacial score (nSPS) is 11.3. The minimum atomic E-state index is 0.483. The third-order valence-electron chi connectivity index (χ3n) is 3.00. The molecule has 3 heterocycles. The van der Waals surface area contributed by atoms with Crippen molar-refractivity contribution in [2.75, 3.05) is 5.88 Å². The van der Waals surface area contributed by atoms with Gasteiger partial charge in [0.25, 0.3) is 0 Å². The van der Waals surface area contributed by atoms with Crippen molar-refractivity contribution < 1.29 is 4.52 Å². The summed E-state index contributed by atoms with van der Waals surface area (Å²) in [6, 6.07) is 3.91. The lowest BCUT2D eigenvalue weighted by molar-refractivity contribution is 0.386. The number of alkyl halides is 1. The third-order valence-corrected chi connectivity index (χ3v) is 3.19. The second-order valence-corrected chi connectivity index (χ2v) is 4.96. The summed E-state index contributed by atoms with van der Waals surface area (Å²) in [6.45, 7) is 4.21. The van der Waals surface area contributed by atoms with E-state index in [4.69, 9.17) is 16.1 Å². The SMILES string of the molecule is Cc1ccc2nc(CCCl)n(Cc3noc(C)n3)c2n1. The summed E-state index contributed by atoms with van der Waals surface area (Å²) in [5.41, 5.74) is 2.63. The summed E-state index contributed by atoms with van der Waals surface area (Å²) >= 11 is 5.85. The average Bonchev–Trinajstić information content (AvgIpc) is 2.96. The minimum absolute atomic E-state index is 0.483. The number of fused-ring (bicyclic) bond motifs is 1. The van der Waals surface area contributed by atoms with E-state index in [0.29, 0.717) is 30.6 Å². The van der Waals surface area contributed by atoms with Gasteiger partial charge in [-0.05, 0) is 19.1 Å². The molecule has 6 nitrogen and oxygen atoms in total. The summed E-state index contributed by atoms with van der Waals surface area (Å²) in [4.78, 5) is 13.4. The highest BCUT2D eigenvalue weighted by Gasteiger charge is 2.14. The Hall–Kier alpha value is -1.95. The number of aryl methyl sites for hydroxylation is 3. The van der Waals surface area contributed by atoms with Crippen molar-refractivity contribution in [3.8, 4) is 0 Å². The van der Waals surface area contributed by atoms with Crippen LogP contribution in [-0.4, -0.2) is 30.6 Å². The standard InChI is InChI=1S/C13H14ClN5O/c1-8-3-4-10-13(15-8)19(12(17-10)5-6-14)7-11-16-9(2)20-18-11/h3-4H,5-7H2,1-2H3. The second-order valence-electron chi connectivity index (χ2n) is 4.58. The van der Waals surface area contributed by atoms with Gasteiger partial charge >= 0.3 is 0 Å². The Kier molecular flexibility index (Phi) is 3.40. The van der Waals surface area contributed by atoms with E-state index >= 15 is 0 Å². The molecule has 20 heavy (non-hydrogen) atoms. The van der Waals surface area contributed by atoms with Gasteiger partial charge < -0.3 is 9.09 Å². The molecule has 3 rings (SSSR count). The van der Waals surface area contributed by atoms with E-state index in [-0.39, 0.29) is 0 Å². The van der Waals surface area contributed by atoms with E-state index in [0.717, 1.165) is 22.7 Å². The maximum Gasteiger partial charge on any atom is 0.223 e. The minimum Gasteiger partial charge on any atom is -0.340 e. The molecule has 0 atom stereocenters. The fourth-order valence-electron chi connectivity index (χ4n) is 2.13. The predicted octanol–water partition coefficient (Wildman–Crippen LogP) is 2.26. The van der Waals surface area contributed by atoms with Crippen LogP contribution in [0.4, 0.5) is 0 Å². The first-order valence-corrected chi connectivity index (χ1v) is 6.88. The quantitative estimate of drug-likeness (QED) is 0.690. The Morgan fingerprint density at radius 2 is 2.05 bits per heavy atom. The van der Waals surface area contributed by atoms with Gasteiger partial charge in [0, 0.05) is 24.9 Å². The van der Waals surface area contributed by atoms with E-state index in [1.807, 2.05) is 23.6 Å². The number of aromatic nitrogens is 5. The zero-order chi connectivity index (χ0) is 14.1. The fourth-order valence-corrected chi connectivity index (χ4v) is 2.30. The van der Waals surface area contributed by atoms with E-state index in [2.05, 4.69) is 20.1 Å². The zero-order valence-electron chi connectivity index (χ0n) is 11.3. The first-order chi connectivity index (χ1) is 9.67. The highest BCUT2D eigenvalue weighted by atomic mass is 35.5. The molecule has 3 aromatic heterocycles. The van der Waals surface area contributed by atoms with Crippen LogP contribution in [-0.2, 0) is 13.0 Å². The van der Waals surface area contributed by atoms with Gasteiger partial charge in [0.2, 0.25) is 5.89 Å². The van der Waals surface area contributed by atoms with Crippen molar-refractivity contribution >= 4 is 22.8 Å². The first kappa shape index (κ1) is 13.1. The van der Waals surface area contributed by atoms with E-state index < -0.39 is 0 Å². The van der Waals surface area contributed by atoms with Crippen LogP contribution in [0.3, 0.4) is 0 Å². The summed E-state index contributed by atoms with van der Waals surface area (Å²) < 4.78 is 7.00. The molecule has 0 aliphatic heterocycles. The van der Waals surface area contributed by atoms with Gasteiger partial charge in [-0.15, -0.1) is 11.6 Å². The molecule has 104 valence electrons. The topological polar surface area (TPSA) is 69.6 Å². The van der Waals surface area contributed by atoms with Crippen molar-refractivity contribution in [1.29, 1.82) is 0 Å². The third kappa shape index (κ3) is 2.38. The molecule has 0 bridgehead atoms. The van der Waals surface area contributed by atoms with Gasteiger partial charge in [0.1, 0.15) is 11.3 Å². The Labute approximate surface area is 120 Å². The van der Waals surface area contributed by atoms with Gasteiger partial charge in [-0.25, -0.2) is 9.97 Å². The average molecular weight is 292 g/mol. The van der Waals surface area contributed by atoms with Crippen molar-refractivity contribution in [2.24, 2.45) is 0 Å². The van der Waals surface area contributed by atoms with Gasteiger partial charge in [-0.2, -0.15) is 4.98 Å². The van der Waals surface area contributed by atoms with Crippen molar-refractivity contribution in [2.45, 2.75) is 26.8 Å². The van der Waals surface area contributed by atoms with Crippen LogP contribution in [0.1, 0.15) is 23.2 Å². The van der Waals surface area contributed by atoms with Crippen LogP contribution in [0.25, 0.3) is 11.2 Å². The van der Waals surface area contributed by atoms with Crippen LogP contribution in [0.5, 0.6) is 0 Å². The van der Waals surface area contributed by atoms with E-state index in [9.17, 15) is 0 Å². The highest BCUT2D eigenvalue weighted by Crippen LogP contribution is 2.17. The molecule has 0 unspecified atom stereocenters. The monoisotopic (exact) mass is 291 g/mol. The zero-order valence-corrected chi connectivity index (χ0v) is 12.1. The smallest absolute Gasteiger partial charge is 0.223 e. The lowest BCUT2D eigenvalue weighted by atomic mass is 10.3. The summed E-state index contributed by atoms with van der Waals surface area (Å²) in [7, 11) is 0. The summed E-state index contributed by atoms with van der Waals surface area (Å²) in [5.74, 6) is 2.55. The maximum absolute atomic E-state index is 5.85. The molecule has 0 N–H and O–H groups in total. The van der Waals surface area contributed by atoms with Crippen LogP contribution < -0.4 is 0 Å². The lowest BCUT2D eigenvalue weighted by Gasteiger charge is -2.04. The first-order valence-electron chi connectivity index (χ1n) is 6.35. The lowest BCUT2D eigenvalue weighted by Crippen LogP contribution is -2.08. The van der Waals surface area contributed by atoms with Crippen molar-refractivity contribution in [1.82, 2.24) is 24.7 Å². The number of halogens is 1. The Morgan fingerprint density at radius 1 is 1.20 bits per heavy atom. The van der Waals surface area contributed by atoms with Gasteiger partial charge in [-0.3, -0.25) is 0 Å². The molecule has 0 saturated heterocycles. The highest BCUT2D eigenvalue weighted by molar-refractivity contribution is 6.17. The number of imidazole rings is 1. The van der Waals surface area contributed by atoms with Crippen LogP contribution in [0.2, 0.25) is 0 Å². The van der Waals surface area contributed by atoms with E-state index in [1.54, 1.807) is 6.92 Å². The molecule has 3 aromatic rings. The van der Waals surface area contributed by atoms with Gasteiger partial charge in [-0.1, -0.05) is 5.16 Å². The molecule has 0 fully saturated rings. The molecule has 0 aliphatic carbocycles. The summed E-state index contributed by atoms with van der Waals surface area (Å²) in [6.07, 6.45) is 0.674. The molecule has 0 amide bonds. The summed E-state index contributed by atoms with van der Waals surface area (Å²) in [5, 5.41) is 3.93. The number of hydrogen-bond acceptors (Lipinski definition) is 5. The van der Waals surface area contributed by atoms with Crippen LogP contribution >= 0.6 is 11.6 Å². The Bertz CT molecular complexity index is 748. The Morgan fingerprint density at radius 3 is 2.75 bits per heavy atom. The number of nitrogens with zero attached hydrogens (tertiary/aromatic N) is 5. The molecule has 0 aromatic carbocycles. The maximum atomic E-state index is 5.85. The van der Waals surface area contributed by atoms with Gasteiger partial charge in [0.05, 0.1) is 6.54 Å². The molecule has 0 radical (unpaired) electrons. The molecule has 7 heteroatoms. The predicted molar refractivity (Wildman–Crippen MR) is 74.8 cm³/mol. The van der Waals surface area contributed by atoms with Gasteiger partial charge in [0.15, 0.2) is 11.5 Å². The molecule has 0 saturated carbocycles. The second kappa shape index (κ2) is 5.20. The van der Waals surface area contributed by atoms with Crippen molar-refractivity contribution in [3.05, 3.63) is 35.4 Å². The number of hydrogen-bond donors (Lipinski definition) is 0. The Balaban J connectivity index is 2.09. The molecule has 0 aliphatic rings. The van der Waals surface area contributed by atoms with Crippen molar-refractivity contribution in [3.63, 3.8) is 0 Å².